The van der Waals surface area contributed by atoms with E-state index in [1.54, 1.807) is 6.20 Å². The van der Waals surface area contributed by atoms with Gasteiger partial charge in [0.15, 0.2) is 5.65 Å². The third-order valence-corrected chi connectivity index (χ3v) is 6.09. The molecular formula is C23H26N4O3. The number of ether oxygens (including phenoxy) is 1. The standard InChI is InChI=1S/C23H26N4O3/c1-15-13-27-14-20(25-22(27)12-24-15)19-10-18-3-2-17(11-21(18)30-23(19)29)16-4-6-26(7-5-16)8-9-28/h2-3,10-14,16,23,28-29H,4-9H2,1H3. The Morgan fingerprint density at radius 2 is 2.03 bits per heavy atom. The Balaban J connectivity index is 1.40. The van der Waals surface area contributed by atoms with Crippen LogP contribution in [-0.4, -0.2) is 62.0 Å². The molecule has 2 N–H and O–H groups in total. The highest BCUT2D eigenvalue weighted by atomic mass is 16.6. The molecule has 2 aromatic heterocycles. The minimum Gasteiger partial charge on any atom is -0.460 e. The van der Waals surface area contributed by atoms with Gasteiger partial charge in [0.05, 0.1) is 24.2 Å². The van der Waals surface area contributed by atoms with Crippen LogP contribution in [-0.2, 0) is 0 Å². The molecule has 156 valence electrons. The maximum absolute atomic E-state index is 10.7. The summed E-state index contributed by atoms with van der Waals surface area (Å²) in [4.78, 5) is 11.2. The van der Waals surface area contributed by atoms with Crippen LogP contribution >= 0.6 is 0 Å². The van der Waals surface area contributed by atoms with Crippen LogP contribution < -0.4 is 4.74 Å². The number of aliphatic hydroxyl groups is 2. The zero-order chi connectivity index (χ0) is 20.7. The van der Waals surface area contributed by atoms with Gasteiger partial charge in [-0.25, -0.2) is 4.98 Å². The van der Waals surface area contributed by atoms with Crippen LogP contribution in [0.25, 0.3) is 17.3 Å². The summed E-state index contributed by atoms with van der Waals surface area (Å²) in [6.45, 7) is 4.89. The minimum atomic E-state index is -1.06. The van der Waals surface area contributed by atoms with Gasteiger partial charge in [0.1, 0.15) is 5.75 Å². The number of aryl methyl sites for hydroxylation is 1. The molecule has 7 heteroatoms. The maximum Gasteiger partial charge on any atom is 0.226 e. The molecule has 5 rings (SSSR count). The summed E-state index contributed by atoms with van der Waals surface area (Å²) in [5.74, 6) is 1.19. The van der Waals surface area contributed by atoms with Crippen molar-refractivity contribution in [1.29, 1.82) is 0 Å². The summed E-state index contributed by atoms with van der Waals surface area (Å²) in [7, 11) is 0. The molecule has 1 aromatic carbocycles. The molecule has 0 aliphatic carbocycles. The normalized spacial score (nSPS) is 20.1. The van der Waals surface area contributed by atoms with Crippen LogP contribution in [0.3, 0.4) is 0 Å². The third kappa shape index (κ3) is 3.60. The average molecular weight is 406 g/mol. The molecule has 0 bridgehead atoms. The highest BCUT2D eigenvalue weighted by Crippen LogP contribution is 2.37. The molecule has 1 unspecified atom stereocenters. The number of imidazole rings is 1. The van der Waals surface area contributed by atoms with Crippen molar-refractivity contribution in [1.82, 2.24) is 19.3 Å². The molecule has 1 saturated heterocycles. The van der Waals surface area contributed by atoms with Gasteiger partial charge in [-0.15, -0.1) is 0 Å². The average Bonchev–Trinajstić information content (AvgIpc) is 3.16. The van der Waals surface area contributed by atoms with Gasteiger partial charge >= 0.3 is 0 Å². The van der Waals surface area contributed by atoms with Gasteiger partial charge in [0, 0.05) is 30.1 Å². The lowest BCUT2D eigenvalue weighted by Gasteiger charge is -2.32. The number of aromatic nitrogens is 3. The highest BCUT2D eigenvalue weighted by molar-refractivity contribution is 5.85. The predicted octanol–water partition coefficient (Wildman–Crippen LogP) is 2.46. The second-order valence-electron chi connectivity index (χ2n) is 8.13. The number of fused-ring (bicyclic) bond motifs is 2. The molecule has 1 atom stereocenters. The highest BCUT2D eigenvalue weighted by Gasteiger charge is 2.26. The monoisotopic (exact) mass is 406 g/mol. The molecule has 0 radical (unpaired) electrons. The molecular weight excluding hydrogens is 380 g/mol. The number of hydrogen-bond acceptors (Lipinski definition) is 6. The van der Waals surface area contributed by atoms with E-state index < -0.39 is 6.29 Å². The van der Waals surface area contributed by atoms with E-state index in [0.29, 0.717) is 22.9 Å². The van der Waals surface area contributed by atoms with Crippen molar-refractivity contribution in [2.45, 2.75) is 32.0 Å². The van der Waals surface area contributed by atoms with Crippen molar-refractivity contribution in [3.05, 3.63) is 59.3 Å². The van der Waals surface area contributed by atoms with E-state index >= 15 is 0 Å². The zero-order valence-corrected chi connectivity index (χ0v) is 17.0. The van der Waals surface area contributed by atoms with Crippen LogP contribution in [0.15, 0.2) is 36.8 Å². The molecule has 3 aromatic rings. The Morgan fingerprint density at radius 1 is 1.20 bits per heavy atom. The summed E-state index contributed by atoms with van der Waals surface area (Å²) in [5.41, 5.74) is 5.16. The molecule has 4 heterocycles. The summed E-state index contributed by atoms with van der Waals surface area (Å²) in [6.07, 6.45) is 8.56. The number of likely N-dealkylation sites (tertiary alicyclic amines) is 1. The number of benzene rings is 1. The van der Waals surface area contributed by atoms with Gasteiger partial charge in [0.2, 0.25) is 6.29 Å². The van der Waals surface area contributed by atoms with E-state index in [1.807, 2.05) is 29.8 Å². The van der Waals surface area contributed by atoms with E-state index in [1.165, 1.54) is 5.56 Å². The van der Waals surface area contributed by atoms with Crippen LogP contribution in [0.5, 0.6) is 5.75 Å². The first-order valence-corrected chi connectivity index (χ1v) is 10.5. The van der Waals surface area contributed by atoms with Gasteiger partial charge in [-0.2, -0.15) is 0 Å². The van der Waals surface area contributed by atoms with E-state index in [-0.39, 0.29) is 6.61 Å². The quantitative estimate of drug-likeness (QED) is 0.693. The molecule has 0 saturated carbocycles. The van der Waals surface area contributed by atoms with Crippen LogP contribution in [0, 0.1) is 6.92 Å². The van der Waals surface area contributed by atoms with Crippen molar-refractivity contribution >= 4 is 17.3 Å². The molecule has 2 aliphatic heterocycles. The summed E-state index contributed by atoms with van der Waals surface area (Å²) in [5, 5.41) is 19.8. The van der Waals surface area contributed by atoms with Gasteiger partial charge in [-0.3, -0.25) is 4.98 Å². The number of rotatable bonds is 4. The first-order chi connectivity index (χ1) is 14.6. The molecule has 2 aliphatic rings. The van der Waals surface area contributed by atoms with Crippen molar-refractivity contribution in [2.24, 2.45) is 0 Å². The summed E-state index contributed by atoms with van der Waals surface area (Å²) >= 11 is 0. The topological polar surface area (TPSA) is 83.1 Å². The number of aliphatic hydroxyl groups excluding tert-OH is 2. The fourth-order valence-corrected chi connectivity index (χ4v) is 4.42. The summed E-state index contributed by atoms with van der Waals surface area (Å²) < 4.78 is 7.80. The Bertz CT molecular complexity index is 1100. The van der Waals surface area contributed by atoms with E-state index in [2.05, 4.69) is 33.1 Å². The Morgan fingerprint density at radius 3 is 2.83 bits per heavy atom. The number of piperidine rings is 1. The second kappa shape index (κ2) is 7.83. The first-order valence-electron chi connectivity index (χ1n) is 10.5. The number of hydrogen-bond donors (Lipinski definition) is 2. The van der Waals surface area contributed by atoms with E-state index in [4.69, 9.17) is 9.84 Å². The first kappa shape index (κ1) is 19.2. The van der Waals surface area contributed by atoms with Gasteiger partial charge in [-0.1, -0.05) is 12.1 Å². The van der Waals surface area contributed by atoms with Crippen molar-refractivity contribution in [3.63, 3.8) is 0 Å². The third-order valence-electron chi connectivity index (χ3n) is 6.09. The smallest absolute Gasteiger partial charge is 0.226 e. The summed E-state index contributed by atoms with van der Waals surface area (Å²) in [6, 6.07) is 6.30. The van der Waals surface area contributed by atoms with Crippen LogP contribution in [0.4, 0.5) is 0 Å². The minimum absolute atomic E-state index is 0.215. The Labute approximate surface area is 175 Å². The maximum atomic E-state index is 10.7. The SMILES string of the molecule is Cc1cn2cc(C3=Cc4ccc(C5CCN(CCO)CC5)cc4OC3O)nc2cn1. The molecule has 30 heavy (non-hydrogen) atoms. The lowest BCUT2D eigenvalue weighted by molar-refractivity contribution is 0.0316. The Kier molecular flexibility index (Phi) is 5.02. The molecule has 0 amide bonds. The number of nitrogens with zero attached hydrogens (tertiary/aromatic N) is 4. The van der Waals surface area contributed by atoms with Gasteiger partial charge in [0.25, 0.3) is 0 Å². The molecule has 7 nitrogen and oxygen atoms in total. The Hall–Kier alpha value is -2.74. The second-order valence-corrected chi connectivity index (χ2v) is 8.13. The van der Waals surface area contributed by atoms with Crippen molar-refractivity contribution in [3.8, 4) is 5.75 Å². The fourth-order valence-electron chi connectivity index (χ4n) is 4.42. The molecule has 0 spiro atoms. The van der Waals surface area contributed by atoms with Crippen LogP contribution in [0.1, 0.15) is 41.3 Å². The van der Waals surface area contributed by atoms with Gasteiger partial charge in [-0.05, 0) is 56.5 Å². The van der Waals surface area contributed by atoms with Gasteiger partial charge < -0.3 is 24.3 Å². The predicted molar refractivity (Wildman–Crippen MR) is 114 cm³/mol. The van der Waals surface area contributed by atoms with Crippen molar-refractivity contribution in [2.75, 3.05) is 26.2 Å². The lowest BCUT2D eigenvalue weighted by atomic mass is 9.88. The zero-order valence-electron chi connectivity index (χ0n) is 17.0. The number of β-amino-alcohol motifs (C(OH)–C–C–N with tert-alkyl or cyclic N) is 1. The lowest BCUT2D eigenvalue weighted by Crippen LogP contribution is -2.34. The van der Waals surface area contributed by atoms with E-state index in [0.717, 1.165) is 49.4 Å². The fraction of sp³-hybridized carbons (Fsp3) is 0.391. The van der Waals surface area contributed by atoms with Crippen molar-refractivity contribution < 1.29 is 14.9 Å². The largest absolute Gasteiger partial charge is 0.460 e. The molecule has 1 fully saturated rings. The van der Waals surface area contributed by atoms with E-state index in [9.17, 15) is 5.11 Å². The van der Waals surface area contributed by atoms with Crippen LogP contribution in [0.2, 0.25) is 0 Å².